The number of rotatable bonds is 11. The van der Waals surface area contributed by atoms with Gasteiger partial charge in [0.25, 0.3) is 0 Å². The van der Waals surface area contributed by atoms with Crippen molar-refractivity contribution in [3.05, 3.63) is 22.2 Å². The molecule has 0 aliphatic rings. The molecule has 0 saturated carbocycles. The van der Waals surface area contributed by atoms with Crippen LogP contribution in [-0.2, 0) is 6.54 Å². The summed E-state index contributed by atoms with van der Waals surface area (Å²) < 4.78 is 12.5. The van der Waals surface area contributed by atoms with E-state index in [4.69, 9.17) is 14.6 Å². The molecule has 5 heteroatoms. The summed E-state index contributed by atoms with van der Waals surface area (Å²) in [6.07, 6.45) is 3.11. The molecule has 0 unspecified atom stereocenters. The van der Waals surface area contributed by atoms with E-state index in [2.05, 4.69) is 27.3 Å². The number of aliphatic hydroxyl groups excluding tert-OH is 1. The number of hydrogen-bond donors (Lipinski definition) is 2. The lowest BCUT2D eigenvalue weighted by Gasteiger charge is -2.17. The Balaban J connectivity index is 2.64. The SMILES string of the molecule is CCOc1cc(CNCCCCCO)cc(Br)c1OC(C)C. The predicted molar refractivity (Wildman–Crippen MR) is 93.7 cm³/mol. The number of aliphatic hydroxyl groups is 1. The third kappa shape index (κ3) is 6.99. The van der Waals surface area contributed by atoms with E-state index in [-0.39, 0.29) is 12.7 Å². The molecule has 1 aromatic carbocycles. The van der Waals surface area contributed by atoms with Crippen LogP contribution < -0.4 is 14.8 Å². The van der Waals surface area contributed by atoms with Gasteiger partial charge in [0.15, 0.2) is 11.5 Å². The van der Waals surface area contributed by atoms with Crippen LogP contribution >= 0.6 is 15.9 Å². The summed E-state index contributed by atoms with van der Waals surface area (Å²) in [5, 5.41) is 12.2. The third-order valence-corrected chi connectivity index (χ3v) is 3.65. The van der Waals surface area contributed by atoms with E-state index < -0.39 is 0 Å². The highest BCUT2D eigenvalue weighted by molar-refractivity contribution is 9.10. The highest BCUT2D eigenvalue weighted by Gasteiger charge is 2.13. The molecule has 0 saturated heterocycles. The Morgan fingerprint density at radius 2 is 2.00 bits per heavy atom. The first-order valence-electron chi connectivity index (χ1n) is 8.02. The van der Waals surface area contributed by atoms with Crippen LogP contribution in [0.4, 0.5) is 0 Å². The summed E-state index contributed by atoms with van der Waals surface area (Å²) in [6, 6.07) is 4.10. The van der Waals surface area contributed by atoms with E-state index in [1.165, 1.54) is 0 Å². The molecule has 0 spiro atoms. The summed E-state index contributed by atoms with van der Waals surface area (Å²) in [5.74, 6) is 1.55. The zero-order chi connectivity index (χ0) is 16.4. The molecule has 0 aromatic heterocycles. The van der Waals surface area contributed by atoms with E-state index in [1.807, 2.05) is 26.8 Å². The maximum Gasteiger partial charge on any atom is 0.175 e. The Morgan fingerprint density at radius 3 is 2.64 bits per heavy atom. The van der Waals surface area contributed by atoms with E-state index in [0.717, 1.165) is 53.9 Å². The van der Waals surface area contributed by atoms with E-state index in [9.17, 15) is 0 Å². The second-order valence-electron chi connectivity index (χ2n) is 5.47. The molecule has 0 heterocycles. The quantitative estimate of drug-likeness (QED) is 0.577. The van der Waals surface area contributed by atoms with Crippen LogP contribution in [0.15, 0.2) is 16.6 Å². The summed E-state index contributed by atoms with van der Waals surface area (Å²) in [5.41, 5.74) is 1.16. The van der Waals surface area contributed by atoms with Gasteiger partial charge in [0, 0.05) is 13.2 Å². The minimum Gasteiger partial charge on any atom is -0.490 e. The molecule has 0 atom stereocenters. The fourth-order valence-corrected chi connectivity index (χ4v) is 2.69. The summed E-state index contributed by atoms with van der Waals surface area (Å²) in [6.45, 7) is 8.61. The molecule has 0 aliphatic carbocycles. The predicted octanol–water partition coefficient (Wildman–Crippen LogP) is 3.89. The van der Waals surface area contributed by atoms with Gasteiger partial charge in [-0.25, -0.2) is 0 Å². The van der Waals surface area contributed by atoms with Gasteiger partial charge in [0.2, 0.25) is 0 Å². The molecule has 1 rings (SSSR count). The second kappa shape index (κ2) is 10.9. The monoisotopic (exact) mass is 373 g/mol. The summed E-state index contributed by atoms with van der Waals surface area (Å²) >= 11 is 3.58. The molecular formula is C17H28BrNO3. The minimum absolute atomic E-state index is 0.103. The largest absolute Gasteiger partial charge is 0.490 e. The van der Waals surface area contributed by atoms with Gasteiger partial charge >= 0.3 is 0 Å². The van der Waals surface area contributed by atoms with Gasteiger partial charge in [-0.3, -0.25) is 0 Å². The molecule has 0 amide bonds. The number of ether oxygens (including phenoxy) is 2. The Labute approximate surface area is 142 Å². The lowest BCUT2D eigenvalue weighted by Crippen LogP contribution is -2.15. The van der Waals surface area contributed by atoms with Crippen LogP contribution in [-0.4, -0.2) is 31.0 Å². The van der Waals surface area contributed by atoms with E-state index >= 15 is 0 Å². The maximum atomic E-state index is 8.75. The lowest BCUT2D eigenvalue weighted by molar-refractivity contribution is 0.222. The van der Waals surface area contributed by atoms with Crippen molar-refractivity contribution in [1.82, 2.24) is 5.32 Å². The van der Waals surface area contributed by atoms with E-state index in [0.29, 0.717) is 6.61 Å². The Kier molecular flexibility index (Phi) is 9.52. The molecule has 0 fully saturated rings. The van der Waals surface area contributed by atoms with Crippen LogP contribution in [0.25, 0.3) is 0 Å². The number of hydrogen-bond acceptors (Lipinski definition) is 4. The van der Waals surface area contributed by atoms with Crippen LogP contribution in [0.1, 0.15) is 45.6 Å². The smallest absolute Gasteiger partial charge is 0.175 e. The van der Waals surface area contributed by atoms with Crippen LogP contribution in [0, 0.1) is 0 Å². The van der Waals surface area contributed by atoms with E-state index in [1.54, 1.807) is 0 Å². The molecule has 126 valence electrons. The first kappa shape index (κ1) is 19.3. The van der Waals surface area contributed by atoms with Gasteiger partial charge in [-0.05, 0) is 80.2 Å². The summed E-state index contributed by atoms with van der Waals surface area (Å²) in [7, 11) is 0. The molecule has 22 heavy (non-hydrogen) atoms. The maximum absolute atomic E-state index is 8.75. The second-order valence-corrected chi connectivity index (χ2v) is 6.32. The molecule has 0 radical (unpaired) electrons. The Morgan fingerprint density at radius 1 is 1.23 bits per heavy atom. The number of benzene rings is 1. The molecule has 1 aromatic rings. The average molecular weight is 374 g/mol. The standard InChI is InChI=1S/C17H28BrNO3/c1-4-21-16-11-14(12-19-8-6-5-7-9-20)10-15(18)17(16)22-13(2)3/h10-11,13,19-20H,4-9,12H2,1-3H3. The molecule has 2 N–H and O–H groups in total. The van der Waals surface area contributed by atoms with Crippen molar-refractivity contribution in [2.45, 2.75) is 52.7 Å². The normalized spacial score (nSPS) is 11.0. The first-order chi connectivity index (χ1) is 10.6. The fraction of sp³-hybridized carbons (Fsp3) is 0.647. The van der Waals surface area contributed by atoms with Crippen LogP contribution in [0.3, 0.4) is 0 Å². The lowest BCUT2D eigenvalue weighted by atomic mass is 10.2. The highest BCUT2D eigenvalue weighted by atomic mass is 79.9. The van der Waals surface area contributed by atoms with Crippen molar-refractivity contribution >= 4 is 15.9 Å². The van der Waals surface area contributed by atoms with Gasteiger partial charge < -0.3 is 19.9 Å². The van der Waals surface area contributed by atoms with Crippen LogP contribution in [0.5, 0.6) is 11.5 Å². The van der Waals surface area contributed by atoms with Crippen molar-refractivity contribution in [1.29, 1.82) is 0 Å². The van der Waals surface area contributed by atoms with Gasteiger partial charge in [-0.2, -0.15) is 0 Å². The first-order valence-corrected chi connectivity index (χ1v) is 8.81. The van der Waals surface area contributed by atoms with Gasteiger partial charge in [-0.1, -0.05) is 0 Å². The molecule has 0 bridgehead atoms. The van der Waals surface area contributed by atoms with Crippen molar-refractivity contribution in [2.75, 3.05) is 19.8 Å². The fourth-order valence-electron chi connectivity index (χ4n) is 2.11. The summed E-state index contributed by atoms with van der Waals surface area (Å²) in [4.78, 5) is 0. The zero-order valence-corrected chi connectivity index (χ0v) is 15.4. The van der Waals surface area contributed by atoms with Crippen LogP contribution in [0.2, 0.25) is 0 Å². The van der Waals surface area contributed by atoms with Crippen molar-refractivity contribution in [3.63, 3.8) is 0 Å². The highest BCUT2D eigenvalue weighted by Crippen LogP contribution is 2.37. The number of nitrogens with one attached hydrogen (secondary N) is 1. The van der Waals surface area contributed by atoms with Gasteiger partial charge in [-0.15, -0.1) is 0 Å². The van der Waals surface area contributed by atoms with Crippen molar-refractivity contribution in [2.24, 2.45) is 0 Å². The van der Waals surface area contributed by atoms with Crippen molar-refractivity contribution in [3.8, 4) is 11.5 Å². The third-order valence-electron chi connectivity index (χ3n) is 3.06. The molecular weight excluding hydrogens is 346 g/mol. The zero-order valence-electron chi connectivity index (χ0n) is 13.8. The number of halogens is 1. The van der Waals surface area contributed by atoms with Crippen molar-refractivity contribution < 1.29 is 14.6 Å². The topological polar surface area (TPSA) is 50.7 Å². The Bertz CT molecular complexity index is 438. The molecule has 0 aliphatic heterocycles. The van der Waals surface area contributed by atoms with Gasteiger partial charge in [0.05, 0.1) is 17.2 Å². The minimum atomic E-state index is 0.103. The number of unbranched alkanes of at least 4 members (excludes halogenated alkanes) is 2. The van der Waals surface area contributed by atoms with Gasteiger partial charge in [0.1, 0.15) is 0 Å². The molecule has 4 nitrogen and oxygen atoms in total. The Hall–Kier alpha value is -0.780. The average Bonchev–Trinajstić information content (AvgIpc) is 2.46.